The van der Waals surface area contributed by atoms with Gasteiger partial charge in [-0.05, 0) is 43.3 Å². The second-order valence-corrected chi connectivity index (χ2v) is 6.85. The zero-order valence-corrected chi connectivity index (χ0v) is 16.3. The van der Waals surface area contributed by atoms with Crippen LogP contribution in [-0.2, 0) is 11.3 Å². The second kappa shape index (κ2) is 8.30. The molecule has 1 heterocycles. The molecule has 0 fully saturated rings. The summed E-state index contributed by atoms with van der Waals surface area (Å²) in [5.74, 6) is 0.551. The number of hydrogen-bond donors (Lipinski definition) is 0. The summed E-state index contributed by atoms with van der Waals surface area (Å²) in [5.41, 5.74) is 0.807. The van der Waals surface area contributed by atoms with Crippen molar-refractivity contribution in [3.05, 3.63) is 64.7 Å². The molecule has 0 radical (unpaired) electrons. The molecule has 8 heteroatoms. The highest BCUT2D eigenvalue weighted by Gasteiger charge is 2.21. The van der Waals surface area contributed by atoms with Crippen molar-refractivity contribution in [2.45, 2.75) is 19.6 Å². The third-order valence-corrected chi connectivity index (χ3v) is 4.27. The summed E-state index contributed by atoms with van der Waals surface area (Å²) in [6.45, 7) is 1.78. The molecule has 1 amide bonds. The molecule has 0 spiro atoms. The van der Waals surface area contributed by atoms with E-state index in [0.29, 0.717) is 17.5 Å². The lowest BCUT2D eigenvalue weighted by Gasteiger charge is -2.20. The second-order valence-electron chi connectivity index (χ2n) is 5.93. The molecular weight excluding hydrogens is 417 g/mol. The molecule has 0 aliphatic heterocycles. The van der Waals surface area contributed by atoms with Crippen LogP contribution < -0.4 is 4.74 Å². The van der Waals surface area contributed by atoms with Crippen molar-refractivity contribution in [3.63, 3.8) is 0 Å². The smallest absolute Gasteiger partial charge is 0.263 e. The molecule has 140 valence electrons. The number of carbonyl (C=O) groups is 1. The van der Waals surface area contributed by atoms with Crippen LogP contribution in [-0.4, -0.2) is 34.1 Å². The maximum Gasteiger partial charge on any atom is 0.263 e. The van der Waals surface area contributed by atoms with Crippen molar-refractivity contribution < 1.29 is 18.4 Å². The highest BCUT2D eigenvalue weighted by Crippen LogP contribution is 2.21. The molecule has 0 aliphatic carbocycles. The molecule has 0 aliphatic rings. The normalized spacial score (nSPS) is 11.9. The Bertz CT molecular complexity index is 930. The first kappa shape index (κ1) is 19.0. The summed E-state index contributed by atoms with van der Waals surface area (Å²) in [5, 5.41) is 3.95. The molecule has 27 heavy (non-hydrogen) atoms. The lowest BCUT2D eigenvalue weighted by Crippen LogP contribution is -2.37. The van der Waals surface area contributed by atoms with Gasteiger partial charge in [0.15, 0.2) is 6.10 Å². The number of carbonyl (C=O) groups excluding carboxylic acids is 1. The van der Waals surface area contributed by atoms with E-state index in [4.69, 9.17) is 9.26 Å². The Labute approximate surface area is 164 Å². The van der Waals surface area contributed by atoms with E-state index in [2.05, 4.69) is 26.1 Å². The molecule has 3 aromatic rings. The van der Waals surface area contributed by atoms with Gasteiger partial charge in [-0.3, -0.25) is 4.79 Å². The monoisotopic (exact) mass is 433 g/mol. The highest BCUT2D eigenvalue weighted by molar-refractivity contribution is 9.10. The van der Waals surface area contributed by atoms with Crippen LogP contribution in [0.15, 0.2) is 57.5 Å². The highest BCUT2D eigenvalue weighted by atomic mass is 79.9. The van der Waals surface area contributed by atoms with E-state index in [0.717, 1.165) is 10.0 Å². The van der Waals surface area contributed by atoms with Crippen LogP contribution in [0.3, 0.4) is 0 Å². The van der Waals surface area contributed by atoms with Crippen molar-refractivity contribution in [2.24, 2.45) is 0 Å². The molecule has 0 saturated carbocycles. The van der Waals surface area contributed by atoms with Gasteiger partial charge < -0.3 is 14.2 Å². The molecule has 0 bridgehead atoms. The Kier molecular flexibility index (Phi) is 5.85. The largest absolute Gasteiger partial charge is 0.481 e. The fourth-order valence-electron chi connectivity index (χ4n) is 2.42. The van der Waals surface area contributed by atoms with Gasteiger partial charge in [-0.15, -0.1) is 0 Å². The van der Waals surface area contributed by atoms with E-state index >= 15 is 0 Å². The minimum Gasteiger partial charge on any atom is -0.481 e. The SMILES string of the molecule is CC(Oc1ccc(F)cc1)C(=O)N(C)Cc1nc(-c2cccc(Br)c2)no1. The maximum atomic E-state index is 12.9. The quantitative estimate of drug-likeness (QED) is 0.585. The Hall–Kier alpha value is -2.74. The van der Waals surface area contributed by atoms with Gasteiger partial charge in [0.25, 0.3) is 5.91 Å². The molecule has 1 unspecified atom stereocenters. The number of benzene rings is 2. The first-order valence-electron chi connectivity index (χ1n) is 8.18. The van der Waals surface area contributed by atoms with Gasteiger partial charge in [0.2, 0.25) is 11.7 Å². The molecule has 1 aromatic heterocycles. The first-order valence-corrected chi connectivity index (χ1v) is 8.97. The third-order valence-electron chi connectivity index (χ3n) is 3.77. The standard InChI is InChI=1S/C19H17BrFN3O3/c1-12(26-16-8-6-15(21)7-9-16)19(25)24(2)11-17-22-18(23-27-17)13-4-3-5-14(20)10-13/h3-10,12H,11H2,1-2H3. The van der Waals surface area contributed by atoms with E-state index < -0.39 is 6.10 Å². The van der Waals surface area contributed by atoms with Gasteiger partial charge in [-0.2, -0.15) is 4.98 Å². The summed E-state index contributed by atoms with van der Waals surface area (Å²) in [4.78, 5) is 18.2. The van der Waals surface area contributed by atoms with Gasteiger partial charge in [0.1, 0.15) is 11.6 Å². The van der Waals surface area contributed by atoms with Crippen LogP contribution in [0.2, 0.25) is 0 Å². The molecule has 6 nitrogen and oxygen atoms in total. The summed E-state index contributed by atoms with van der Waals surface area (Å²) in [6.07, 6.45) is -0.743. The van der Waals surface area contributed by atoms with E-state index in [-0.39, 0.29) is 18.3 Å². The molecule has 1 atom stereocenters. The van der Waals surface area contributed by atoms with Crippen LogP contribution in [0.5, 0.6) is 5.75 Å². The van der Waals surface area contributed by atoms with E-state index in [9.17, 15) is 9.18 Å². The fraction of sp³-hybridized carbons (Fsp3) is 0.211. The Morgan fingerprint density at radius 2 is 2.04 bits per heavy atom. The topological polar surface area (TPSA) is 68.5 Å². The van der Waals surface area contributed by atoms with Crippen LogP contribution in [0.25, 0.3) is 11.4 Å². The molecule has 0 saturated heterocycles. The van der Waals surface area contributed by atoms with Crippen molar-refractivity contribution in [1.82, 2.24) is 15.0 Å². The zero-order valence-electron chi connectivity index (χ0n) is 14.7. The Balaban J connectivity index is 1.61. The van der Waals surface area contributed by atoms with Gasteiger partial charge in [-0.1, -0.05) is 33.2 Å². The zero-order chi connectivity index (χ0) is 19.4. The van der Waals surface area contributed by atoms with E-state index in [1.807, 2.05) is 24.3 Å². The number of amides is 1. The molecular formula is C19H17BrFN3O3. The summed E-state index contributed by atoms with van der Waals surface area (Å²) in [6, 6.07) is 13.0. The predicted molar refractivity (Wildman–Crippen MR) is 100 cm³/mol. The average Bonchev–Trinajstić information content (AvgIpc) is 3.11. The molecule has 3 rings (SSSR count). The molecule has 0 N–H and O–H groups in total. The first-order chi connectivity index (χ1) is 12.9. The van der Waals surface area contributed by atoms with Crippen molar-refractivity contribution in [2.75, 3.05) is 7.05 Å². The lowest BCUT2D eigenvalue weighted by molar-refractivity contribution is -0.137. The number of ether oxygens (including phenoxy) is 1. The van der Waals surface area contributed by atoms with Crippen molar-refractivity contribution in [1.29, 1.82) is 0 Å². The summed E-state index contributed by atoms with van der Waals surface area (Å²) < 4.78 is 24.6. The average molecular weight is 434 g/mol. The number of likely N-dealkylation sites (N-methyl/N-ethyl adjacent to an activating group) is 1. The lowest BCUT2D eigenvalue weighted by atomic mass is 10.2. The third kappa shape index (κ3) is 4.91. The van der Waals surface area contributed by atoms with Crippen LogP contribution >= 0.6 is 15.9 Å². The van der Waals surface area contributed by atoms with Crippen molar-refractivity contribution >= 4 is 21.8 Å². The van der Waals surface area contributed by atoms with E-state index in [1.165, 1.54) is 29.2 Å². The number of halogens is 2. The van der Waals surface area contributed by atoms with Crippen LogP contribution in [0, 0.1) is 5.82 Å². The Morgan fingerprint density at radius 1 is 1.30 bits per heavy atom. The minimum absolute atomic E-state index is 0.150. The minimum atomic E-state index is -0.743. The van der Waals surface area contributed by atoms with E-state index in [1.54, 1.807) is 14.0 Å². The van der Waals surface area contributed by atoms with Crippen LogP contribution in [0.1, 0.15) is 12.8 Å². The fourth-order valence-corrected chi connectivity index (χ4v) is 2.82. The van der Waals surface area contributed by atoms with Gasteiger partial charge in [0.05, 0.1) is 6.54 Å². The number of aromatic nitrogens is 2. The summed E-state index contributed by atoms with van der Waals surface area (Å²) in [7, 11) is 1.62. The Morgan fingerprint density at radius 3 is 2.74 bits per heavy atom. The number of nitrogens with zero attached hydrogens (tertiary/aromatic N) is 3. The predicted octanol–water partition coefficient (Wildman–Crippen LogP) is 4.06. The molecule has 2 aromatic carbocycles. The van der Waals surface area contributed by atoms with Gasteiger partial charge in [-0.25, -0.2) is 4.39 Å². The van der Waals surface area contributed by atoms with Gasteiger partial charge in [0, 0.05) is 17.1 Å². The number of rotatable bonds is 6. The van der Waals surface area contributed by atoms with Gasteiger partial charge >= 0.3 is 0 Å². The number of hydrogen-bond acceptors (Lipinski definition) is 5. The maximum absolute atomic E-state index is 12.9. The summed E-state index contributed by atoms with van der Waals surface area (Å²) >= 11 is 3.40. The van der Waals surface area contributed by atoms with Crippen molar-refractivity contribution in [3.8, 4) is 17.1 Å². The van der Waals surface area contributed by atoms with Crippen LogP contribution in [0.4, 0.5) is 4.39 Å².